The standard InChI is InChI=1S/C16H20ClN3O3/c1-16(2,3)23-15(21)20-6-4-12(5-7-20)22-13-8-11(10-18)19-14(17)9-13/h8-9,12H,4-7H2,1-3H3. The minimum Gasteiger partial charge on any atom is -0.490 e. The Hall–Kier alpha value is -2.00. The van der Waals surface area contributed by atoms with Crippen molar-refractivity contribution < 1.29 is 14.3 Å². The second-order valence-electron chi connectivity index (χ2n) is 6.41. The van der Waals surface area contributed by atoms with Gasteiger partial charge in [0.05, 0.1) is 0 Å². The molecule has 1 aliphatic heterocycles. The molecule has 1 fully saturated rings. The number of aromatic nitrogens is 1. The maximum absolute atomic E-state index is 12.0. The summed E-state index contributed by atoms with van der Waals surface area (Å²) in [4.78, 5) is 17.6. The first-order valence-corrected chi connectivity index (χ1v) is 7.87. The molecular formula is C16H20ClN3O3. The second-order valence-corrected chi connectivity index (χ2v) is 6.79. The molecule has 2 heterocycles. The van der Waals surface area contributed by atoms with Crippen LogP contribution in [0.4, 0.5) is 4.79 Å². The molecule has 124 valence electrons. The maximum Gasteiger partial charge on any atom is 0.410 e. The lowest BCUT2D eigenvalue weighted by Crippen LogP contribution is -2.44. The van der Waals surface area contributed by atoms with Crippen molar-refractivity contribution in [2.75, 3.05) is 13.1 Å². The number of amides is 1. The van der Waals surface area contributed by atoms with E-state index >= 15 is 0 Å². The molecule has 0 unspecified atom stereocenters. The van der Waals surface area contributed by atoms with Gasteiger partial charge in [-0.3, -0.25) is 0 Å². The van der Waals surface area contributed by atoms with Crippen molar-refractivity contribution in [3.8, 4) is 11.8 Å². The number of likely N-dealkylation sites (tertiary alicyclic amines) is 1. The molecule has 0 atom stereocenters. The third-order valence-electron chi connectivity index (χ3n) is 3.28. The minimum absolute atomic E-state index is 0.0290. The lowest BCUT2D eigenvalue weighted by Gasteiger charge is -2.33. The largest absolute Gasteiger partial charge is 0.490 e. The molecule has 1 aromatic rings. The summed E-state index contributed by atoms with van der Waals surface area (Å²) < 4.78 is 11.2. The minimum atomic E-state index is -0.494. The molecular weight excluding hydrogens is 318 g/mol. The highest BCUT2D eigenvalue weighted by molar-refractivity contribution is 6.29. The molecule has 1 aromatic heterocycles. The summed E-state index contributed by atoms with van der Waals surface area (Å²) in [5, 5.41) is 9.12. The molecule has 6 nitrogen and oxygen atoms in total. The van der Waals surface area contributed by atoms with Gasteiger partial charge in [-0.15, -0.1) is 0 Å². The molecule has 7 heteroatoms. The van der Waals surface area contributed by atoms with Gasteiger partial charge in [-0.25, -0.2) is 9.78 Å². The number of nitrogens with zero attached hydrogens (tertiary/aromatic N) is 3. The van der Waals surface area contributed by atoms with Gasteiger partial charge in [0.25, 0.3) is 0 Å². The third kappa shape index (κ3) is 5.29. The number of piperidine rings is 1. The van der Waals surface area contributed by atoms with E-state index in [2.05, 4.69) is 4.98 Å². The van der Waals surface area contributed by atoms with Gasteiger partial charge in [0.2, 0.25) is 0 Å². The lowest BCUT2D eigenvalue weighted by molar-refractivity contribution is 0.0126. The van der Waals surface area contributed by atoms with E-state index in [1.807, 2.05) is 26.8 Å². The van der Waals surface area contributed by atoms with Crippen LogP contribution in [0.1, 0.15) is 39.3 Å². The quantitative estimate of drug-likeness (QED) is 0.773. The summed E-state index contributed by atoms with van der Waals surface area (Å²) in [5.74, 6) is 0.525. The Morgan fingerprint density at radius 3 is 2.61 bits per heavy atom. The van der Waals surface area contributed by atoms with Crippen molar-refractivity contribution in [2.45, 2.75) is 45.3 Å². The highest BCUT2D eigenvalue weighted by Gasteiger charge is 2.27. The van der Waals surface area contributed by atoms with E-state index in [4.69, 9.17) is 26.3 Å². The Balaban J connectivity index is 1.89. The van der Waals surface area contributed by atoms with Crippen molar-refractivity contribution in [1.82, 2.24) is 9.88 Å². The van der Waals surface area contributed by atoms with Crippen LogP contribution in [0.25, 0.3) is 0 Å². The average Bonchev–Trinajstić information content (AvgIpc) is 2.45. The molecule has 0 saturated carbocycles. The summed E-state index contributed by atoms with van der Waals surface area (Å²) in [5.41, 5.74) is -0.273. The van der Waals surface area contributed by atoms with E-state index in [0.717, 1.165) is 0 Å². The molecule has 0 aromatic carbocycles. The average molecular weight is 338 g/mol. The Labute approximate surface area is 141 Å². The molecule has 0 bridgehead atoms. The number of rotatable bonds is 2. The number of pyridine rings is 1. The summed E-state index contributed by atoms with van der Waals surface area (Å²) in [6, 6.07) is 5.09. The molecule has 2 rings (SSSR count). The number of carbonyl (C=O) groups excluding carboxylic acids is 1. The highest BCUT2D eigenvalue weighted by atomic mass is 35.5. The second kappa shape index (κ2) is 7.05. The molecule has 0 N–H and O–H groups in total. The van der Waals surface area contributed by atoms with Gasteiger partial charge in [-0.05, 0) is 20.8 Å². The monoisotopic (exact) mass is 337 g/mol. The van der Waals surface area contributed by atoms with E-state index < -0.39 is 5.60 Å². The Kier molecular flexibility index (Phi) is 5.32. The van der Waals surface area contributed by atoms with Crippen molar-refractivity contribution in [2.24, 2.45) is 0 Å². The van der Waals surface area contributed by atoms with E-state index in [1.165, 1.54) is 0 Å². The summed E-state index contributed by atoms with van der Waals surface area (Å²) in [6.07, 6.45) is 1.07. The fourth-order valence-electron chi connectivity index (χ4n) is 2.27. The fraction of sp³-hybridized carbons (Fsp3) is 0.562. The maximum atomic E-state index is 12.0. The first kappa shape index (κ1) is 17.4. The zero-order chi connectivity index (χ0) is 17.0. The van der Waals surface area contributed by atoms with Gasteiger partial charge >= 0.3 is 6.09 Å². The van der Waals surface area contributed by atoms with Gasteiger partial charge < -0.3 is 14.4 Å². The summed E-state index contributed by atoms with van der Waals surface area (Å²) in [7, 11) is 0. The third-order valence-corrected chi connectivity index (χ3v) is 3.47. The van der Waals surface area contributed by atoms with Crippen molar-refractivity contribution in [3.63, 3.8) is 0 Å². The van der Waals surface area contributed by atoms with Crippen LogP contribution < -0.4 is 4.74 Å². The van der Waals surface area contributed by atoms with Gasteiger partial charge in [-0.2, -0.15) is 5.26 Å². The number of hydrogen-bond acceptors (Lipinski definition) is 5. The molecule has 0 spiro atoms. The van der Waals surface area contributed by atoms with Crippen LogP contribution in [0.2, 0.25) is 5.15 Å². The van der Waals surface area contributed by atoms with Crippen LogP contribution in [0.3, 0.4) is 0 Å². The SMILES string of the molecule is CC(C)(C)OC(=O)N1CCC(Oc2cc(Cl)nc(C#N)c2)CC1. The van der Waals surface area contributed by atoms with Gasteiger partial charge in [0.1, 0.15) is 34.4 Å². The van der Waals surface area contributed by atoms with Gasteiger partial charge in [0, 0.05) is 38.1 Å². The van der Waals surface area contributed by atoms with Crippen LogP contribution in [0.15, 0.2) is 12.1 Å². The molecule has 0 radical (unpaired) electrons. The van der Waals surface area contributed by atoms with Gasteiger partial charge in [-0.1, -0.05) is 11.6 Å². The topological polar surface area (TPSA) is 75.4 Å². The zero-order valence-electron chi connectivity index (χ0n) is 13.5. The fourth-order valence-corrected chi connectivity index (χ4v) is 2.47. The van der Waals surface area contributed by atoms with E-state index in [1.54, 1.807) is 17.0 Å². The summed E-state index contributed by atoms with van der Waals surface area (Å²) >= 11 is 5.86. The summed E-state index contributed by atoms with van der Waals surface area (Å²) in [6.45, 7) is 6.69. The molecule has 23 heavy (non-hydrogen) atoms. The Bertz CT molecular complexity index is 614. The van der Waals surface area contributed by atoms with Gasteiger partial charge in [0.15, 0.2) is 0 Å². The van der Waals surface area contributed by atoms with Crippen LogP contribution in [0.5, 0.6) is 5.75 Å². The Morgan fingerprint density at radius 1 is 1.39 bits per heavy atom. The molecule has 1 aliphatic rings. The normalized spacial score (nSPS) is 15.9. The van der Waals surface area contributed by atoms with Crippen molar-refractivity contribution >= 4 is 17.7 Å². The van der Waals surface area contributed by atoms with Crippen LogP contribution in [-0.2, 0) is 4.74 Å². The number of carbonyl (C=O) groups is 1. The van der Waals surface area contributed by atoms with E-state index in [9.17, 15) is 4.79 Å². The first-order chi connectivity index (χ1) is 10.8. The predicted molar refractivity (Wildman–Crippen MR) is 85.4 cm³/mol. The molecule has 1 amide bonds. The number of nitriles is 1. The van der Waals surface area contributed by atoms with E-state index in [0.29, 0.717) is 31.7 Å². The van der Waals surface area contributed by atoms with Crippen LogP contribution >= 0.6 is 11.6 Å². The van der Waals surface area contributed by atoms with Crippen molar-refractivity contribution in [3.05, 3.63) is 23.0 Å². The molecule has 1 saturated heterocycles. The number of halogens is 1. The van der Waals surface area contributed by atoms with E-state index in [-0.39, 0.29) is 23.0 Å². The lowest BCUT2D eigenvalue weighted by atomic mass is 10.1. The number of ether oxygens (including phenoxy) is 2. The zero-order valence-corrected chi connectivity index (χ0v) is 14.3. The highest BCUT2D eigenvalue weighted by Crippen LogP contribution is 2.23. The smallest absolute Gasteiger partial charge is 0.410 e. The Morgan fingerprint density at radius 2 is 2.04 bits per heavy atom. The number of hydrogen-bond donors (Lipinski definition) is 0. The molecule has 0 aliphatic carbocycles. The van der Waals surface area contributed by atoms with Crippen LogP contribution in [-0.4, -0.2) is 40.8 Å². The first-order valence-electron chi connectivity index (χ1n) is 7.49. The van der Waals surface area contributed by atoms with Crippen molar-refractivity contribution in [1.29, 1.82) is 5.26 Å². The predicted octanol–water partition coefficient (Wildman–Crippen LogP) is 3.38. The van der Waals surface area contributed by atoms with Crippen LogP contribution in [0, 0.1) is 11.3 Å².